The second kappa shape index (κ2) is 15.7. The van der Waals surface area contributed by atoms with E-state index in [2.05, 4.69) is 59.2 Å². The molecule has 1 amide bonds. The number of likely N-dealkylation sites (tertiary alicyclic amines) is 1. The molecule has 5 heteroatoms. The molecule has 1 aliphatic heterocycles. The van der Waals surface area contributed by atoms with Crippen LogP contribution in [0.3, 0.4) is 0 Å². The molecule has 3 aromatic rings. The van der Waals surface area contributed by atoms with Gasteiger partial charge in [-0.05, 0) is 74.8 Å². The Morgan fingerprint density at radius 3 is 2.23 bits per heavy atom. The van der Waals surface area contributed by atoms with Crippen molar-refractivity contribution in [3.05, 3.63) is 102 Å². The Balaban J connectivity index is 1.42. The molecule has 1 saturated heterocycles. The molecule has 0 radical (unpaired) electrons. The Labute approximate surface area is 241 Å². The number of hydrogen-bond donors (Lipinski definition) is 2. The minimum Gasteiger partial charge on any atom is -0.390 e. The molecule has 3 N–H and O–H groups in total. The molecule has 214 valence electrons. The zero-order valence-electron chi connectivity index (χ0n) is 24.1. The number of nitrogens with two attached hydrogens (primary N) is 1. The molecule has 5 nitrogen and oxygen atoms in total. The van der Waals surface area contributed by atoms with Crippen molar-refractivity contribution >= 4 is 11.6 Å². The zero-order valence-corrected chi connectivity index (χ0v) is 24.1. The van der Waals surface area contributed by atoms with E-state index in [-0.39, 0.29) is 23.9 Å². The number of amides is 1. The molecular formula is C35H47N3O2. The number of benzene rings is 3. The number of anilines is 1. The summed E-state index contributed by atoms with van der Waals surface area (Å²) < 4.78 is 0. The Morgan fingerprint density at radius 1 is 0.950 bits per heavy atom. The molecule has 1 heterocycles. The molecule has 0 bridgehead atoms. The molecular weight excluding hydrogens is 494 g/mol. The van der Waals surface area contributed by atoms with Crippen molar-refractivity contribution in [2.24, 2.45) is 11.7 Å². The lowest BCUT2D eigenvalue weighted by Crippen LogP contribution is -2.51. The van der Waals surface area contributed by atoms with Gasteiger partial charge in [0.1, 0.15) is 0 Å². The van der Waals surface area contributed by atoms with Gasteiger partial charge in [0, 0.05) is 30.9 Å². The number of β-amino-alcohol motifs (C(OH)–C–C–N with tert-alkyl or cyclic N) is 1. The SMILES string of the molecule is CCCC(CCCc1ccccc1)N(C(=O)C1CCCN(CC(O)C(N)Cc2ccccc2)C1)c1ccccc1. The third kappa shape index (κ3) is 8.76. The molecule has 0 aliphatic carbocycles. The van der Waals surface area contributed by atoms with Crippen LogP contribution in [0.15, 0.2) is 91.0 Å². The van der Waals surface area contributed by atoms with Crippen LogP contribution in [-0.4, -0.2) is 53.7 Å². The van der Waals surface area contributed by atoms with Gasteiger partial charge in [0.15, 0.2) is 0 Å². The molecule has 4 rings (SSSR count). The van der Waals surface area contributed by atoms with Crippen LogP contribution in [0.25, 0.3) is 0 Å². The van der Waals surface area contributed by atoms with Crippen LogP contribution in [0.4, 0.5) is 5.69 Å². The summed E-state index contributed by atoms with van der Waals surface area (Å²) in [6, 6.07) is 30.8. The Morgan fingerprint density at radius 2 is 1.57 bits per heavy atom. The number of hydrogen-bond acceptors (Lipinski definition) is 4. The summed E-state index contributed by atoms with van der Waals surface area (Å²) in [4.78, 5) is 18.6. The van der Waals surface area contributed by atoms with Crippen molar-refractivity contribution in [2.75, 3.05) is 24.5 Å². The summed E-state index contributed by atoms with van der Waals surface area (Å²) in [7, 11) is 0. The summed E-state index contributed by atoms with van der Waals surface area (Å²) in [6.45, 7) is 4.26. The molecule has 0 saturated carbocycles. The van der Waals surface area contributed by atoms with Gasteiger partial charge in [-0.1, -0.05) is 92.2 Å². The fourth-order valence-electron chi connectivity index (χ4n) is 6.07. The number of piperidine rings is 1. The number of aliphatic hydroxyl groups excluding tert-OH is 1. The van der Waals surface area contributed by atoms with E-state index >= 15 is 0 Å². The zero-order chi connectivity index (χ0) is 28.2. The topological polar surface area (TPSA) is 69.8 Å². The average Bonchev–Trinajstić information content (AvgIpc) is 2.99. The normalized spacial score (nSPS) is 18.1. The van der Waals surface area contributed by atoms with Gasteiger partial charge in [-0.3, -0.25) is 9.69 Å². The number of nitrogens with zero attached hydrogens (tertiary/aromatic N) is 2. The lowest BCUT2D eigenvalue weighted by Gasteiger charge is -2.39. The highest BCUT2D eigenvalue weighted by Gasteiger charge is 2.34. The first kappa shape index (κ1) is 30.0. The van der Waals surface area contributed by atoms with Gasteiger partial charge in [0.05, 0.1) is 12.0 Å². The number of aliphatic hydroxyl groups is 1. The maximum atomic E-state index is 14.3. The van der Waals surface area contributed by atoms with Gasteiger partial charge < -0.3 is 15.7 Å². The van der Waals surface area contributed by atoms with Crippen molar-refractivity contribution in [2.45, 2.75) is 76.5 Å². The van der Waals surface area contributed by atoms with Crippen LogP contribution in [0.1, 0.15) is 56.6 Å². The maximum absolute atomic E-state index is 14.3. The first-order chi connectivity index (χ1) is 19.5. The molecule has 1 fully saturated rings. The fraction of sp³-hybridized carbons (Fsp3) is 0.457. The van der Waals surface area contributed by atoms with Crippen molar-refractivity contribution in [1.82, 2.24) is 4.90 Å². The van der Waals surface area contributed by atoms with Gasteiger partial charge in [-0.25, -0.2) is 0 Å². The standard InChI is InChI=1S/C35H47N3O2/c1-2-14-31(23-12-19-28-15-6-3-7-16-28)38(32-21-10-5-11-22-32)35(40)30-20-13-24-37(26-30)27-34(39)33(36)25-29-17-8-4-9-18-29/h3-11,15-18,21-22,30-31,33-34,39H,2,12-14,19-20,23-27,36H2,1H3. The predicted molar refractivity (Wildman–Crippen MR) is 165 cm³/mol. The minimum absolute atomic E-state index is 0.0833. The van der Waals surface area contributed by atoms with Crippen LogP contribution < -0.4 is 10.6 Å². The Hall–Kier alpha value is -2.99. The largest absolute Gasteiger partial charge is 0.390 e. The van der Waals surface area contributed by atoms with E-state index in [1.165, 1.54) is 5.56 Å². The third-order valence-corrected chi connectivity index (χ3v) is 8.21. The summed E-state index contributed by atoms with van der Waals surface area (Å²) >= 11 is 0. The smallest absolute Gasteiger partial charge is 0.231 e. The summed E-state index contributed by atoms with van der Waals surface area (Å²) in [5.74, 6) is 0.136. The van der Waals surface area contributed by atoms with Crippen LogP contribution in [-0.2, 0) is 17.6 Å². The van der Waals surface area contributed by atoms with E-state index in [0.717, 1.165) is 62.7 Å². The van der Waals surface area contributed by atoms with Crippen LogP contribution in [0.5, 0.6) is 0 Å². The summed E-state index contributed by atoms with van der Waals surface area (Å²) in [5.41, 5.74) is 9.87. The molecule has 4 atom stereocenters. The van der Waals surface area contributed by atoms with E-state index in [0.29, 0.717) is 19.5 Å². The van der Waals surface area contributed by atoms with E-state index in [1.54, 1.807) is 0 Å². The van der Waals surface area contributed by atoms with Crippen LogP contribution in [0.2, 0.25) is 0 Å². The third-order valence-electron chi connectivity index (χ3n) is 8.21. The van der Waals surface area contributed by atoms with Crippen LogP contribution in [0, 0.1) is 5.92 Å². The molecule has 40 heavy (non-hydrogen) atoms. The maximum Gasteiger partial charge on any atom is 0.231 e. The second-order valence-corrected chi connectivity index (χ2v) is 11.4. The van der Waals surface area contributed by atoms with E-state index < -0.39 is 6.10 Å². The highest BCUT2D eigenvalue weighted by Crippen LogP contribution is 2.28. The van der Waals surface area contributed by atoms with E-state index in [4.69, 9.17) is 5.73 Å². The van der Waals surface area contributed by atoms with E-state index in [9.17, 15) is 9.90 Å². The van der Waals surface area contributed by atoms with Gasteiger partial charge >= 0.3 is 0 Å². The Kier molecular flexibility index (Phi) is 11.8. The van der Waals surface area contributed by atoms with E-state index in [1.807, 2.05) is 48.5 Å². The molecule has 0 spiro atoms. The Bertz CT molecular complexity index is 1130. The van der Waals surface area contributed by atoms with Gasteiger partial charge in [-0.2, -0.15) is 0 Å². The number of carbonyl (C=O) groups is 1. The quantitative estimate of drug-likeness (QED) is 0.268. The summed E-state index contributed by atoms with van der Waals surface area (Å²) in [6.07, 6.45) is 6.91. The monoisotopic (exact) mass is 541 g/mol. The first-order valence-corrected chi connectivity index (χ1v) is 15.2. The summed E-state index contributed by atoms with van der Waals surface area (Å²) in [5, 5.41) is 10.9. The van der Waals surface area contributed by atoms with Gasteiger partial charge in [0.2, 0.25) is 5.91 Å². The second-order valence-electron chi connectivity index (χ2n) is 11.4. The lowest BCUT2D eigenvalue weighted by molar-refractivity contribution is -0.124. The number of aryl methyl sites for hydroxylation is 1. The number of para-hydroxylation sites is 1. The minimum atomic E-state index is -0.634. The van der Waals surface area contributed by atoms with Crippen LogP contribution >= 0.6 is 0 Å². The van der Waals surface area contributed by atoms with Gasteiger partial charge in [0.25, 0.3) is 0 Å². The highest BCUT2D eigenvalue weighted by atomic mass is 16.3. The van der Waals surface area contributed by atoms with Crippen molar-refractivity contribution in [1.29, 1.82) is 0 Å². The fourth-order valence-corrected chi connectivity index (χ4v) is 6.07. The van der Waals surface area contributed by atoms with Gasteiger partial charge in [-0.15, -0.1) is 0 Å². The van der Waals surface area contributed by atoms with Crippen molar-refractivity contribution in [3.63, 3.8) is 0 Å². The molecule has 0 aromatic heterocycles. The number of rotatable bonds is 14. The first-order valence-electron chi connectivity index (χ1n) is 15.2. The van der Waals surface area contributed by atoms with Crippen molar-refractivity contribution < 1.29 is 9.90 Å². The number of carbonyl (C=O) groups excluding carboxylic acids is 1. The highest BCUT2D eigenvalue weighted by molar-refractivity contribution is 5.95. The molecule has 3 aromatic carbocycles. The van der Waals surface area contributed by atoms with Crippen molar-refractivity contribution in [3.8, 4) is 0 Å². The molecule has 1 aliphatic rings. The predicted octanol–water partition coefficient (Wildman–Crippen LogP) is 5.85. The lowest BCUT2D eigenvalue weighted by atomic mass is 9.92. The average molecular weight is 542 g/mol. The molecule has 4 unspecified atom stereocenters.